The van der Waals surface area contributed by atoms with Gasteiger partial charge in [0.2, 0.25) is 11.7 Å². The van der Waals surface area contributed by atoms with Crippen LogP contribution in [0.2, 0.25) is 0 Å². The van der Waals surface area contributed by atoms with Gasteiger partial charge in [0.05, 0.1) is 23.6 Å². The van der Waals surface area contributed by atoms with Gasteiger partial charge in [-0.05, 0) is 31.6 Å². The van der Waals surface area contributed by atoms with Crippen molar-refractivity contribution in [2.24, 2.45) is 23.5 Å². The summed E-state index contributed by atoms with van der Waals surface area (Å²) in [6.45, 7) is 1.67. The van der Waals surface area contributed by atoms with Crippen LogP contribution in [-0.2, 0) is 19.2 Å². The number of likely N-dealkylation sites (N-methyl/N-ethyl adjacent to an activating group) is 1. The zero-order valence-electron chi connectivity index (χ0n) is 18.1. The molecule has 1 amide bonds. The molecule has 0 radical (unpaired) electrons. The molecule has 0 spiro atoms. The number of carbonyl (C=O) groups is 4. The number of aliphatic hydroxyl groups is 3. The SMILES string of the molecule is C[C@H]1c2cccc(O)c2C(O)=C2C(=O)[C@]3(O)C(=O)C(C(N)=O)C(=O)[C@@H](N(C)C)[C@@H]3[C@@H](O)[C@@H]21.Cl. The molecule has 0 aromatic heterocycles. The number of hydrogen-bond donors (Lipinski definition) is 5. The Hall–Kier alpha value is -2.79. The van der Waals surface area contributed by atoms with Crippen LogP contribution in [-0.4, -0.2) is 80.4 Å². The normalized spacial score (nSPS) is 35.5. The van der Waals surface area contributed by atoms with E-state index in [0.29, 0.717) is 5.56 Å². The molecule has 11 heteroatoms. The first-order valence-corrected chi connectivity index (χ1v) is 10.1. The molecule has 0 saturated heterocycles. The topological polar surface area (TPSA) is 178 Å². The first kappa shape index (κ1) is 24.8. The Bertz CT molecular complexity index is 1120. The van der Waals surface area contributed by atoms with E-state index < -0.39 is 76.0 Å². The van der Waals surface area contributed by atoms with E-state index in [-0.39, 0.29) is 23.7 Å². The lowest BCUT2D eigenvalue weighted by Gasteiger charge is -2.54. The number of aliphatic hydroxyl groups excluding tert-OH is 2. The second kappa shape index (κ2) is 7.91. The number of rotatable bonds is 2. The Labute approximate surface area is 195 Å². The van der Waals surface area contributed by atoms with Gasteiger partial charge in [-0.1, -0.05) is 19.1 Å². The van der Waals surface area contributed by atoms with Crippen molar-refractivity contribution in [2.75, 3.05) is 14.1 Å². The maximum Gasteiger partial charge on any atom is 0.235 e. The maximum atomic E-state index is 13.6. The number of fused-ring (bicyclic) bond motifs is 3. The highest BCUT2D eigenvalue weighted by atomic mass is 35.5. The van der Waals surface area contributed by atoms with Crippen molar-refractivity contribution in [3.8, 4) is 5.75 Å². The van der Waals surface area contributed by atoms with Crippen molar-refractivity contribution in [3.63, 3.8) is 0 Å². The summed E-state index contributed by atoms with van der Waals surface area (Å²) >= 11 is 0. The number of Topliss-reactive ketones (excluding diaryl/α,β-unsaturated/α-hetero) is 3. The molecule has 2 saturated carbocycles. The Morgan fingerprint density at radius 1 is 1.15 bits per heavy atom. The monoisotopic (exact) mass is 480 g/mol. The van der Waals surface area contributed by atoms with Crippen molar-refractivity contribution in [1.82, 2.24) is 4.90 Å². The van der Waals surface area contributed by atoms with Crippen molar-refractivity contribution < 1.29 is 39.6 Å². The molecule has 0 aliphatic heterocycles. The first-order chi connectivity index (χ1) is 14.9. The second-order valence-electron chi connectivity index (χ2n) is 8.94. The van der Waals surface area contributed by atoms with Crippen LogP contribution in [0.3, 0.4) is 0 Å². The van der Waals surface area contributed by atoms with Crippen LogP contribution < -0.4 is 5.73 Å². The number of nitrogens with two attached hydrogens (primary N) is 1. The standard InChI is InChI=1S/C22H24N2O8.ClH/c1-7-8-5-4-6-9(25)11(8)16(26)12-10(7)17(27)14-15(24(2)3)18(28)13(21(23)31)20(30)22(14,32)19(12)29;/h4-7,10,13-15,17,25-27,32H,1-3H3,(H2,23,31);1H/t7-,10+,13?,14+,15-,17-,22-;/m0./s1. The predicted octanol–water partition coefficient (Wildman–Crippen LogP) is -0.709. The van der Waals surface area contributed by atoms with Crippen LogP contribution in [0.25, 0.3) is 5.76 Å². The van der Waals surface area contributed by atoms with E-state index >= 15 is 0 Å². The summed E-state index contributed by atoms with van der Waals surface area (Å²) in [6.07, 6.45) is -1.62. The van der Waals surface area contributed by atoms with Gasteiger partial charge in [-0.2, -0.15) is 0 Å². The fraction of sp³-hybridized carbons (Fsp3) is 0.455. The summed E-state index contributed by atoms with van der Waals surface area (Å²) in [5.74, 6) is -11.2. The number of carbonyl (C=O) groups excluding carboxylic acids is 4. The fourth-order valence-electron chi connectivity index (χ4n) is 5.72. The van der Waals surface area contributed by atoms with Gasteiger partial charge in [-0.15, -0.1) is 12.4 Å². The third kappa shape index (κ3) is 2.98. The molecule has 1 aromatic carbocycles. The van der Waals surface area contributed by atoms with Crippen molar-refractivity contribution in [3.05, 3.63) is 34.9 Å². The highest BCUT2D eigenvalue weighted by Gasteiger charge is 2.71. The minimum absolute atomic E-state index is 0. The van der Waals surface area contributed by atoms with Crippen molar-refractivity contribution in [1.29, 1.82) is 0 Å². The highest BCUT2D eigenvalue weighted by molar-refractivity contribution is 6.32. The van der Waals surface area contributed by atoms with Crippen LogP contribution in [0, 0.1) is 17.8 Å². The molecule has 6 N–H and O–H groups in total. The van der Waals surface area contributed by atoms with Crippen molar-refractivity contribution >= 4 is 41.4 Å². The molecule has 0 bridgehead atoms. The van der Waals surface area contributed by atoms with Gasteiger partial charge < -0.3 is 26.2 Å². The van der Waals surface area contributed by atoms with Gasteiger partial charge in [0.15, 0.2) is 23.1 Å². The van der Waals surface area contributed by atoms with Gasteiger partial charge in [-0.25, -0.2) is 0 Å². The predicted molar refractivity (Wildman–Crippen MR) is 116 cm³/mol. The van der Waals surface area contributed by atoms with E-state index in [2.05, 4.69) is 0 Å². The lowest BCUT2D eigenvalue weighted by molar-refractivity contribution is -0.187. The lowest BCUT2D eigenvalue weighted by Crippen LogP contribution is -2.75. The van der Waals surface area contributed by atoms with E-state index in [9.17, 15) is 39.6 Å². The molecular weight excluding hydrogens is 456 g/mol. The smallest absolute Gasteiger partial charge is 0.235 e. The third-order valence-corrected chi connectivity index (χ3v) is 7.13. The number of ketones is 3. The number of primary amides is 1. The Morgan fingerprint density at radius 3 is 2.30 bits per heavy atom. The number of halogens is 1. The van der Waals surface area contributed by atoms with E-state index in [1.165, 1.54) is 25.1 Å². The number of phenolic OH excluding ortho intramolecular Hbond substituents is 1. The lowest BCUT2D eigenvalue weighted by atomic mass is 9.52. The van der Waals surface area contributed by atoms with E-state index in [0.717, 1.165) is 0 Å². The molecule has 3 aliphatic rings. The van der Waals surface area contributed by atoms with Crippen LogP contribution in [0.15, 0.2) is 23.8 Å². The average molecular weight is 481 g/mol. The summed E-state index contributed by atoms with van der Waals surface area (Å²) in [5, 5.41) is 44.1. The molecule has 1 aromatic rings. The average Bonchev–Trinajstić information content (AvgIpc) is 2.70. The largest absolute Gasteiger partial charge is 0.507 e. The van der Waals surface area contributed by atoms with Gasteiger partial charge >= 0.3 is 0 Å². The Balaban J connectivity index is 0.00000306. The first-order valence-electron chi connectivity index (χ1n) is 10.1. The number of aromatic hydroxyl groups is 1. The summed E-state index contributed by atoms with van der Waals surface area (Å²) in [4.78, 5) is 53.1. The summed E-state index contributed by atoms with van der Waals surface area (Å²) < 4.78 is 0. The van der Waals surface area contributed by atoms with E-state index in [1.54, 1.807) is 19.1 Å². The fourth-order valence-corrected chi connectivity index (χ4v) is 5.72. The van der Waals surface area contributed by atoms with Crippen LogP contribution in [0.5, 0.6) is 5.75 Å². The van der Waals surface area contributed by atoms with Gasteiger partial charge in [0.25, 0.3) is 0 Å². The molecule has 3 aliphatic carbocycles. The van der Waals surface area contributed by atoms with Crippen LogP contribution in [0.4, 0.5) is 0 Å². The Morgan fingerprint density at radius 2 is 1.76 bits per heavy atom. The molecule has 2 fully saturated rings. The van der Waals surface area contributed by atoms with E-state index in [4.69, 9.17) is 5.73 Å². The molecule has 4 rings (SSSR count). The molecule has 0 heterocycles. The second-order valence-corrected chi connectivity index (χ2v) is 8.94. The van der Waals surface area contributed by atoms with Crippen LogP contribution in [0.1, 0.15) is 24.0 Å². The van der Waals surface area contributed by atoms with E-state index in [1.807, 2.05) is 0 Å². The number of amides is 1. The molecular formula is C22H25ClN2O8. The summed E-state index contributed by atoms with van der Waals surface area (Å²) in [6, 6.07) is 3.11. The van der Waals surface area contributed by atoms with Gasteiger partial charge in [0.1, 0.15) is 11.5 Å². The molecule has 7 atom stereocenters. The molecule has 33 heavy (non-hydrogen) atoms. The minimum atomic E-state index is -2.97. The molecule has 178 valence electrons. The maximum absolute atomic E-state index is 13.6. The quantitative estimate of drug-likeness (QED) is 0.342. The zero-order chi connectivity index (χ0) is 23.9. The Kier molecular flexibility index (Phi) is 5.96. The van der Waals surface area contributed by atoms with Gasteiger partial charge in [0, 0.05) is 11.5 Å². The third-order valence-electron chi connectivity index (χ3n) is 7.13. The van der Waals surface area contributed by atoms with Crippen LogP contribution >= 0.6 is 12.4 Å². The van der Waals surface area contributed by atoms with Gasteiger partial charge in [-0.3, -0.25) is 24.1 Å². The summed E-state index contributed by atoms with van der Waals surface area (Å²) in [5.41, 5.74) is 2.28. The number of hydrogen-bond acceptors (Lipinski definition) is 9. The molecule has 10 nitrogen and oxygen atoms in total. The minimum Gasteiger partial charge on any atom is -0.507 e. The number of nitrogens with zero attached hydrogens (tertiary/aromatic N) is 1. The summed E-state index contributed by atoms with van der Waals surface area (Å²) in [7, 11) is 2.91. The highest BCUT2D eigenvalue weighted by Crippen LogP contribution is 2.55. The number of phenols is 1. The molecule has 1 unspecified atom stereocenters. The number of benzene rings is 1. The zero-order valence-corrected chi connectivity index (χ0v) is 18.9. The van der Waals surface area contributed by atoms with Crippen molar-refractivity contribution in [2.45, 2.75) is 30.6 Å².